The Bertz CT molecular complexity index is 516. The molecule has 0 radical (unpaired) electrons. The number of nitrogens with zero attached hydrogens (tertiary/aromatic N) is 1. The highest BCUT2D eigenvalue weighted by molar-refractivity contribution is 5.10. The Morgan fingerprint density at radius 1 is 0.885 bits per heavy atom. The van der Waals surface area contributed by atoms with Crippen LogP contribution < -0.4 is 5.32 Å². The van der Waals surface area contributed by atoms with Crippen molar-refractivity contribution < 1.29 is 0 Å². The highest BCUT2D eigenvalue weighted by Crippen LogP contribution is 2.67. The first-order valence-electron chi connectivity index (χ1n) is 11.6. The minimum absolute atomic E-state index is 0.607. The number of nitrogens with one attached hydrogen (secondary N) is 1. The van der Waals surface area contributed by atoms with Gasteiger partial charge in [0.1, 0.15) is 0 Å². The molecule has 1 N–H and O–H groups in total. The molecule has 150 valence electrons. The molecule has 0 aromatic heterocycles. The molecule has 26 heavy (non-hydrogen) atoms. The van der Waals surface area contributed by atoms with Gasteiger partial charge >= 0.3 is 0 Å². The molecule has 0 heterocycles. The van der Waals surface area contributed by atoms with Crippen LogP contribution in [0.15, 0.2) is 0 Å². The Morgan fingerprint density at radius 3 is 2.27 bits per heavy atom. The van der Waals surface area contributed by atoms with Crippen LogP contribution in [-0.4, -0.2) is 38.1 Å². The molecule has 0 amide bonds. The van der Waals surface area contributed by atoms with E-state index in [1.54, 1.807) is 0 Å². The zero-order valence-corrected chi connectivity index (χ0v) is 18.4. The van der Waals surface area contributed by atoms with Gasteiger partial charge in [0.2, 0.25) is 0 Å². The number of fused-ring (bicyclic) bond motifs is 5. The third kappa shape index (κ3) is 2.72. The van der Waals surface area contributed by atoms with Gasteiger partial charge in [-0.05, 0) is 126 Å². The summed E-state index contributed by atoms with van der Waals surface area (Å²) in [5, 5.41) is 3.59. The maximum absolute atomic E-state index is 3.59. The molecule has 4 aliphatic carbocycles. The smallest absolute Gasteiger partial charge is 0.00944 e. The standard InChI is InChI=1S/C24H44N2/c1-16(26(5)6)20-9-10-21-19-8-7-17-15-18(25-4)11-13-23(17,2)22(19)12-14-24(20,21)3/h16-22,25H,7-15H2,1-6H3. The normalized spacial score (nSPS) is 52.3. The fourth-order valence-corrected chi connectivity index (χ4v) is 8.71. The Balaban J connectivity index is 1.56. The first-order valence-corrected chi connectivity index (χ1v) is 11.6. The zero-order chi connectivity index (χ0) is 18.7. The van der Waals surface area contributed by atoms with E-state index in [2.05, 4.69) is 52.1 Å². The van der Waals surface area contributed by atoms with E-state index in [0.29, 0.717) is 10.8 Å². The Labute approximate surface area is 162 Å². The van der Waals surface area contributed by atoms with Gasteiger partial charge in [-0.3, -0.25) is 0 Å². The summed E-state index contributed by atoms with van der Waals surface area (Å²) in [5.41, 5.74) is 1.25. The van der Waals surface area contributed by atoms with E-state index in [9.17, 15) is 0 Å². The monoisotopic (exact) mass is 360 g/mol. The summed E-state index contributed by atoms with van der Waals surface area (Å²) in [6, 6.07) is 1.52. The third-order valence-corrected chi connectivity index (χ3v) is 10.5. The van der Waals surface area contributed by atoms with Crippen molar-refractivity contribution in [1.29, 1.82) is 0 Å². The van der Waals surface area contributed by atoms with Gasteiger partial charge in [0.05, 0.1) is 0 Å². The number of hydrogen-bond acceptors (Lipinski definition) is 2. The quantitative estimate of drug-likeness (QED) is 0.745. The Morgan fingerprint density at radius 2 is 1.58 bits per heavy atom. The van der Waals surface area contributed by atoms with E-state index < -0.39 is 0 Å². The molecule has 2 nitrogen and oxygen atoms in total. The van der Waals surface area contributed by atoms with Crippen molar-refractivity contribution in [1.82, 2.24) is 10.2 Å². The van der Waals surface area contributed by atoms with E-state index in [1.807, 2.05) is 0 Å². The lowest BCUT2D eigenvalue weighted by Gasteiger charge is -2.61. The van der Waals surface area contributed by atoms with Crippen molar-refractivity contribution in [3.05, 3.63) is 0 Å². The second-order valence-corrected chi connectivity index (χ2v) is 11.3. The van der Waals surface area contributed by atoms with Gasteiger partial charge in [-0.2, -0.15) is 0 Å². The molecule has 0 bridgehead atoms. The van der Waals surface area contributed by atoms with Crippen molar-refractivity contribution >= 4 is 0 Å². The van der Waals surface area contributed by atoms with E-state index in [4.69, 9.17) is 0 Å². The van der Waals surface area contributed by atoms with Crippen LogP contribution >= 0.6 is 0 Å². The van der Waals surface area contributed by atoms with Crippen LogP contribution in [-0.2, 0) is 0 Å². The molecule has 9 atom stereocenters. The highest BCUT2D eigenvalue weighted by atomic mass is 15.1. The Kier molecular flexibility index (Phi) is 5.01. The summed E-state index contributed by atoms with van der Waals surface area (Å²) >= 11 is 0. The highest BCUT2D eigenvalue weighted by Gasteiger charge is 2.60. The van der Waals surface area contributed by atoms with Crippen molar-refractivity contribution in [2.24, 2.45) is 40.4 Å². The molecule has 4 aliphatic rings. The first kappa shape index (κ1) is 19.2. The molecule has 0 aliphatic heterocycles. The summed E-state index contributed by atoms with van der Waals surface area (Å²) in [5.74, 6) is 4.95. The minimum atomic E-state index is 0.607. The number of hydrogen-bond donors (Lipinski definition) is 1. The fourth-order valence-electron chi connectivity index (χ4n) is 8.71. The lowest BCUT2D eigenvalue weighted by atomic mass is 9.44. The van der Waals surface area contributed by atoms with E-state index in [0.717, 1.165) is 41.7 Å². The van der Waals surface area contributed by atoms with Crippen molar-refractivity contribution in [2.45, 2.75) is 90.6 Å². The van der Waals surface area contributed by atoms with Crippen LogP contribution in [0.25, 0.3) is 0 Å². The molecule has 4 fully saturated rings. The first-order chi connectivity index (χ1) is 12.3. The molecule has 0 aromatic carbocycles. The van der Waals surface area contributed by atoms with Crippen LogP contribution in [0, 0.1) is 40.4 Å². The fraction of sp³-hybridized carbons (Fsp3) is 1.00. The summed E-state index contributed by atoms with van der Waals surface area (Å²) in [6.45, 7) is 7.89. The largest absolute Gasteiger partial charge is 0.317 e. The molecule has 4 saturated carbocycles. The van der Waals surface area contributed by atoms with Gasteiger partial charge in [-0.25, -0.2) is 0 Å². The average Bonchev–Trinajstić information content (AvgIpc) is 2.97. The predicted molar refractivity (Wildman–Crippen MR) is 111 cm³/mol. The SMILES string of the molecule is CNC1CCC2(C)C(CCC3C2CCC2(C)C3CCC2C(C)N(C)C)C1. The van der Waals surface area contributed by atoms with E-state index >= 15 is 0 Å². The van der Waals surface area contributed by atoms with Crippen LogP contribution in [0.2, 0.25) is 0 Å². The van der Waals surface area contributed by atoms with Gasteiger partial charge in [-0.1, -0.05) is 13.8 Å². The molecule has 0 spiro atoms. The summed E-state index contributed by atoms with van der Waals surface area (Å²) in [7, 11) is 6.76. The minimum Gasteiger partial charge on any atom is -0.317 e. The van der Waals surface area contributed by atoms with E-state index in [1.165, 1.54) is 57.8 Å². The predicted octanol–water partition coefficient (Wildman–Crippen LogP) is 5.18. The van der Waals surface area contributed by atoms with Gasteiger partial charge in [0.25, 0.3) is 0 Å². The van der Waals surface area contributed by atoms with Crippen molar-refractivity contribution in [3.8, 4) is 0 Å². The van der Waals surface area contributed by atoms with Gasteiger partial charge in [0.15, 0.2) is 0 Å². The summed E-state index contributed by atoms with van der Waals surface area (Å²) in [6.07, 6.45) is 13.4. The lowest BCUT2D eigenvalue weighted by molar-refractivity contribution is -0.118. The van der Waals surface area contributed by atoms with Crippen LogP contribution in [0.1, 0.15) is 78.6 Å². The van der Waals surface area contributed by atoms with Gasteiger partial charge < -0.3 is 10.2 Å². The molecule has 4 rings (SSSR count). The molecular formula is C24H44N2. The third-order valence-electron chi connectivity index (χ3n) is 10.5. The van der Waals surface area contributed by atoms with Crippen molar-refractivity contribution in [2.75, 3.05) is 21.1 Å². The lowest BCUT2D eigenvalue weighted by Crippen LogP contribution is -2.55. The molecule has 0 aromatic rings. The van der Waals surface area contributed by atoms with E-state index in [-0.39, 0.29) is 0 Å². The summed E-state index contributed by atoms with van der Waals surface area (Å²) < 4.78 is 0. The topological polar surface area (TPSA) is 15.3 Å². The van der Waals surface area contributed by atoms with Crippen LogP contribution in [0.4, 0.5) is 0 Å². The second-order valence-electron chi connectivity index (χ2n) is 11.3. The summed E-state index contributed by atoms with van der Waals surface area (Å²) in [4.78, 5) is 2.49. The Hall–Kier alpha value is -0.0800. The van der Waals surface area contributed by atoms with Crippen LogP contribution in [0.5, 0.6) is 0 Å². The average molecular weight is 361 g/mol. The second kappa shape index (κ2) is 6.76. The molecule has 0 saturated heterocycles. The number of rotatable bonds is 3. The molecular weight excluding hydrogens is 316 g/mol. The van der Waals surface area contributed by atoms with Gasteiger partial charge in [0, 0.05) is 12.1 Å². The maximum Gasteiger partial charge on any atom is 0.00944 e. The van der Waals surface area contributed by atoms with Crippen LogP contribution in [0.3, 0.4) is 0 Å². The van der Waals surface area contributed by atoms with Crippen molar-refractivity contribution in [3.63, 3.8) is 0 Å². The molecule has 2 heteroatoms. The zero-order valence-electron chi connectivity index (χ0n) is 18.4. The maximum atomic E-state index is 3.59. The van der Waals surface area contributed by atoms with Gasteiger partial charge in [-0.15, -0.1) is 0 Å². The molecule has 9 unspecified atom stereocenters.